The number of likely N-dealkylation sites (N-methyl/N-ethyl adjacent to an activating group) is 1. The standard InChI is InChI=1S/C20H24N2O3/c1-21-9-11-22(12-10-21)14-20(24)18-8-7-17(13-19(18)23)25-15-16-5-3-2-4-6-16/h2-8,13,23H,9-12,14-15H2,1H3. The molecular weight excluding hydrogens is 316 g/mol. The first kappa shape index (κ1) is 17.5. The Morgan fingerprint density at radius 1 is 1.08 bits per heavy atom. The highest BCUT2D eigenvalue weighted by Crippen LogP contribution is 2.25. The van der Waals surface area contributed by atoms with Crippen LogP contribution in [0, 0.1) is 0 Å². The van der Waals surface area contributed by atoms with Gasteiger partial charge in [-0.2, -0.15) is 0 Å². The quantitative estimate of drug-likeness (QED) is 0.819. The average Bonchev–Trinajstić information content (AvgIpc) is 2.63. The molecule has 5 nitrogen and oxygen atoms in total. The van der Waals surface area contributed by atoms with Crippen molar-refractivity contribution in [3.63, 3.8) is 0 Å². The summed E-state index contributed by atoms with van der Waals surface area (Å²) in [5.41, 5.74) is 1.41. The van der Waals surface area contributed by atoms with Gasteiger partial charge in [-0.3, -0.25) is 9.69 Å². The van der Waals surface area contributed by atoms with Gasteiger partial charge in [0, 0.05) is 32.2 Å². The zero-order chi connectivity index (χ0) is 17.6. The van der Waals surface area contributed by atoms with E-state index in [1.165, 1.54) is 6.07 Å². The fraction of sp³-hybridized carbons (Fsp3) is 0.350. The Hall–Kier alpha value is -2.37. The second kappa shape index (κ2) is 8.14. The van der Waals surface area contributed by atoms with E-state index in [1.807, 2.05) is 30.3 Å². The normalized spacial score (nSPS) is 15.9. The van der Waals surface area contributed by atoms with Crippen LogP contribution in [0.15, 0.2) is 48.5 Å². The molecule has 5 heteroatoms. The van der Waals surface area contributed by atoms with Crippen LogP contribution in [0.5, 0.6) is 11.5 Å². The molecule has 0 radical (unpaired) electrons. The third-order valence-corrected chi connectivity index (χ3v) is 4.48. The van der Waals surface area contributed by atoms with E-state index in [2.05, 4.69) is 16.8 Å². The maximum atomic E-state index is 12.4. The molecule has 0 spiro atoms. The number of hydrogen-bond donors (Lipinski definition) is 1. The summed E-state index contributed by atoms with van der Waals surface area (Å²) in [7, 11) is 2.08. The number of hydrogen-bond acceptors (Lipinski definition) is 5. The summed E-state index contributed by atoms with van der Waals surface area (Å²) in [6, 6.07) is 14.7. The second-order valence-corrected chi connectivity index (χ2v) is 6.46. The molecule has 1 heterocycles. The third kappa shape index (κ3) is 4.81. The first-order valence-electron chi connectivity index (χ1n) is 8.55. The molecule has 1 fully saturated rings. The number of aromatic hydroxyl groups is 1. The van der Waals surface area contributed by atoms with Crippen molar-refractivity contribution in [3.8, 4) is 11.5 Å². The van der Waals surface area contributed by atoms with Gasteiger partial charge in [0.05, 0.1) is 12.1 Å². The van der Waals surface area contributed by atoms with Crippen LogP contribution in [-0.2, 0) is 6.61 Å². The van der Waals surface area contributed by atoms with E-state index in [0.717, 1.165) is 31.7 Å². The number of nitrogens with zero attached hydrogens (tertiary/aromatic N) is 2. The van der Waals surface area contributed by atoms with Gasteiger partial charge in [0.15, 0.2) is 5.78 Å². The number of carbonyl (C=O) groups is 1. The molecule has 0 aromatic heterocycles. The Morgan fingerprint density at radius 3 is 2.48 bits per heavy atom. The van der Waals surface area contributed by atoms with Crippen molar-refractivity contribution in [2.45, 2.75) is 6.61 Å². The summed E-state index contributed by atoms with van der Waals surface area (Å²) < 4.78 is 5.68. The molecule has 1 aliphatic heterocycles. The van der Waals surface area contributed by atoms with E-state index < -0.39 is 0 Å². The fourth-order valence-corrected chi connectivity index (χ4v) is 2.87. The molecule has 0 aliphatic carbocycles. The summed E-state index contributed by atoms with van der Waals surface area (Å²) in [6.07, 6.45) is 0. The molecular formula is C20H24N2O3. The van der Waals surface area contributed by atoms with Crippen molar-refractivity contribution >= 4 is 5.78 Å². The number of phenolic OH excluding ortho intramolecular Hbond substituents is 1. The van der Waals surface area contributed by atoms with Crippen molar-refractivity contribution in [3.05, 3.63) is 59.7 Å². The van der Waals surface area contributed by atoms with Crippen LogP contribution in [0.1, 0.15) is 15.9 Å². The molecule has 3 rings (SSSR count). The SMILES string of the molecule is CN1CCN(CC(=O)c2ccc(OCc3ccccc3)cc2O)CC1. The molecule has 132 valence electrons. The van der Waals surface area contributed by atoms with Crippen LogP contribution in [0.25, 0.3) is 0 Å². The van der Waals surface area contributed by atoms with Crippen LogP contribution in [0.3, 0.4) is 0 Å². The van der Waals surface area contributed by atoms with E-state index in [0.29, 0.717) is 24.5 Å². The Labute approximate surface area is 148 Å². The molecule has 0 atom stereocenters. The molecule has 1 N–H and O–H groups in total. The lowest BCUT2D eigenvalue weighted by atomic mass is 10.1. The summed E-state index contributed by atoms with van der Waals surface area (Å²) >= 11 is 0. The highest BCUT2D eigenvalue weighted by molar-refractivity contribution is 6.00. The monoisotopic (exact) mass is 340 g/mol. The summed E-state index contributed by atoms with van der Waals surface area (Å²) in [5, 5.41) is 10.2. The van der Waals surface area contributed by atoms with Gasteiger partial charge >= 0.3 is 0 Å². The molecule has 2 aromatic carbocycles. The largest absolute Gasteiger partial charge is 0.507 e. The highest BCUT2D eigenvalue weighted by Gasteiger charge is 2.19. The van der Waals surface area contributed by atoms with Crippen LogP contribution >= 0.6 is 0 Å². The molecule has 0 bridgehead atoms. The van der Waals surface area contributed by atoms with Crippen LogP contribution in [0.4, 0.5) is 0 Å². The van der Waals surface area contributed by atoms with Gasteiger partial charge in [0.1, 0.15) is 18.1 Å². The number of piperazine rings is 1. The van der Waals surface area contributed by atoms with Crippen molar-refractivity contribution < 1.29 is 14.6 Å². The molecule has 2 aromatic rings. The lowest BCUT2D eigenvalue weighted by Gasteiger charge is -2.31. The zero-order valence-corrected chi connectivity index (χ0v) is 14.5. The molecule has 0 amide bonds. The Balaban J connectivity index is 1.58. The van der Waals surface area contributed by atoms with E-state index in [-0.39, 0.29) is 11.5 Å². The first-order chi connectivity index (χ1) is 12.1. The van der Waals surface area contributed by atoms with E-state index in [4.69, 9.17) is 4.74 Å². The van der Waals surface area contributed by atoms with Gasteiger partial charge in [-0.1, -0.05) is 30.3 Å². The van der Waals surface area contributed by atoms with E-state index in [9.17, 15) is 9.90 Å². The number of benzene rings is 2. The second-order valence-electron chi connectivity index (χ2n) is 6.46. The minimum Gasteiger partial charge on any atom is -0.507 e. The predicted molar refractivity (Wildman–Crippen MR) is 97.1 cm³/mol. The summed E-state index contributed by atoms with van der Waals surface area (Å²) in [5.74, 6) is 0.471. The molecule has 0 unspecified atom stereocenters. The zero-order valence-electron chi connectivity index (χ0n) is 14.5. The molecule has 1 aliphatic rings. The van der Waals surface area contributed by atoms with Crippen LogP contribution in [-0.4, -0.2) is 60.5 Å². The number of carbonyl (C=O) groups excluding carboxylic acids is 1. The molecule has 25 heavy (non-hydrogen) atoms. The fourth-order valence-electron chi connectivity index (χ4n) is 2.87. The number of ether oxygens (including phenoxy) is 1. The predicted octanol–water partition coefficient (Wildman–Crippen LogP) is 2.40. The Kier molecular flexibility index (Phi) is 5.68. The smallest absolute Gasteiger partial charge is 0.180 e. The minimum atomic E-state index is -0.0586. The minimum absolute atomic E-state index is 0.0234. The summed E-state index contributed by atoms with van der Waals surface area (Å²) in [4.78, 5) is 16.8. The number of Topliss-reactive ketones (excluding diaryl/α,β-unsaturated/α-hetero) is 1. The van der Waals surface area contributed by atoms with E-state index >= 15 is 0 Å². The average molecular weight is 340 g/mol. The van der Waals surface area contributed by atoms with Gasteiger partial charge in [0.2, 0.25) is 0 Å². The van der Waals surface area contributed by atoms with E-state index in [1.54, 1.807) is 12.1 Å². The topological polar surface area (TPSA) is 53.0 Å². The van der Waals surface area contributed by atoms with Gasteiger partial charge in [-0.15, -0.1) is 0 Å². The van der Waals surface area contributed by atoms with Crippen LogP contribution in [0.2, 0.25) is 0 Å². The Bertz CT molecular complexity index is 710. The van der Waals surface area contributed by atoms with Gasteiger partial charge in [0.25, 0.3) is 0 Å². The number of rotatable bonds is 6. The molecule has 1 saturated heterocycles. The highest BCUT2D eigenvalue weighted by atomic mass is 16.5. The van der Waals surface area contributed by atoms with Crippen molar-refractivity contribution in [1.29, 1.82) is 0 Å². The lowest BCUT2D eigenvalue weighted by Crippen LogP contribution is -2.46. The number of phenols is 1. The summed E-state index contributed by atoms with van der Waals surface area (Å²) in [6.45, 7) is 4.44. The third-order valence-electron chi connectivity index (χ3n) is 4.48. The van der Waals surface area contributed by atoms with Crippen molar-refractivity contribution in [2.75, 3.05) is 39.8 Å². The maximum absolute atomic E-state index is 12.4. The first-order valence-corrected chi connectivity index (χ1v) is 8.55. The van der Waals surface area contributed by atoms with Gasteiger partial charge in [-0.25, -0.2) is 0 Å². The van der Waals surface area contributed by atoms with Crippen molar-refractivity contribution in [1.82, 2.24) is 9.80 Å². The molecule has 0 saturated carbocycles. The van der Waals surface area contributed by atoms with Crippen LogP contribution < -0.4 is 4.74 Å². The van der Waals surface area contributed by atoms with Gasteiger partial charge < -0.3 is 14.7 Å². The lowest BCUT2D eigenvalue weighted by molar-refractivity contribution is 0.0874. The maximum Gasteiger partial charge on any atom is 0.180 e. The number of ketones is 1. The van der Waals surface area contributed by atoms with Crippen molar-refractivity contribution in [2.24, 2.45) is 0 Å². The Morgan fingerprint density at radius 2 is 1.80 bits per heavy atom. The van der Waals surface area contributed by atoms with Gasteiger partial charge in [-0.05, 0) is 24.7 Å².